The van der Waals surface area contributed by atoms with Crippen molar-refractivity contribution in [3.8, 4) is 5.75 Å². The number of phenolic OH excluding ortho intramolecular Hbond substituents is 1. The van der Waals surface area contributed by atoms with E-state index in [2.05, 4.69) is 15.6 Å². The van der Waals surface area contributed by atoms with Crippen LogP contribution in [0.3, 0.4) is 0 Å². The third-order valence-corrected chi connectivity index (χ3v) is 3.86. The Labute approximate surface area is 151 Å². The molecule has 0 bridgehead atoms. The van der Waals surface area contributed by atoms with Gasteiger partial charge in [-0.25, -0.2) is 9.07 Å². The van der Waals surface area contributed by atoms with Crippen molar-refractivity contribution in [2.24, 2.45) is 0 Å². The molecule has 3 rings (SSSR count). The first kappa shape index (κ1) is 17.2. The van der Waals surface area contributed by atoms with Gasteiger partial charge in [-0.3, -0.25) is 4.79 Å². The van der Waals surface area contributed by atoms with Crippen LogP contribution in [0.2, 0.25) is 10.0 Å². The summed E-state index contributed by atoms with van der Waals surface area (Å²) in [6.45, 7) is 0.273. The quantitative estimate of drug-likeness (QED) is 0.675. The highest BCUT2D eigenvalue weighted by molar-refractivity contribution is 6.37. The standard InChI is InChI=1S/C16H11Cl2FN4O2/c17-12-5-11(6-13(18)15(12)24)20-16(25)14-8-23(22-21-14)7-9-2-1-3-10(19)4-9/h1-6,8,24H,7H2,(H,20,25). The van der Waals surface area contributed by atoms with E-state index in [0.29, 0.717) is 11.3 Å². The maximum Gasteiger partial charge on any atom is 0.277 e. The first-order valence-electron chi connectivity index (χ1n) is 7.06. The van der Waals surface area contributed by atoms with Gasteiger partial charge >= 0.3 is 0 Å². The number of nitrogens with zero attached hydrogens (tertiary/aromatic N) is 3. The summed E-state index contributed by atoms with van der Waals surface area (Å²) in [6, 6.07) is 8.77. The zero-order chi connectivity index (χ0) is 18.0. The van der Waals surface area contributed by atoms with Crippen LogP contribution in [0.25, 0.3) is 0 Å². The molecular formula is C16H11Cl2FN4O2. The fourth-order valence-corrected chi connectivity index (χ4v) is 2.62. The zero-order valence-corrected chi connectivity index (χ0v) is 14.1. The van der Waals surface area contributed by atoms with E-state index in [1.165, 1.54) is 35.1 Å². The number of hydrogen-bond donors (Lipinski definition) is 2. The van der Waals surface area contributed by atoms with E-state index in [0.717, 1.165) is 0 Å². The summed E-state index contributed by atoms with van der Waals surface area (Å²) in [6.07, 6.45) is 1.43. The van der Waals surface area contributed by atoms with Crippen LogP contribution in [-0.2, 0) is 6.54 Å². The van der Waals surface area contributed by atoms with E-state index in [-0.39, 0.29) is 33.9 Å². The number of nitrogens with one attached hydrogen (secondary N) is 1. The van der Waals surface area contributed by atoms with Crippen LogP contribution >= 0.6 is 23.2 Å². The smallest absolute Gasteiger partial charge is 0.277 e. The van der Waals surface area contributed by atoms with E-state index in [4.69, 9.17) is 23.2 Å². The molecule has 128 valence electrons. The number of carbonyl (C=O) groups excluding carboxylic acids is 1. The van der Waals surface area contributed by atoms with Gasteiger partial charge in [-0.05, 0) is 29.8 Å². The van der Waals surface area contributed by atoms with Gasteiger partial charge in [0.15, 0.2) is 11.4 Å². The average Bonchev–Trinajstić information content (AvgIpc) is 3.01. The molecule has 0 unspecified atom stereocenters. The van der Waals surface area contributed by atoms with Crippen molar-refractivity contribution in [2.45, 2.75) is 6.54 Å². The van der Waals surface area contributed by atoms with Gasteiger partial charge in [0.2, 0.25) is 0 Å². The first-order valence-corrected chi connectivity index (χ1v) is 7.82. The fourth-order valence-electron chi connectivity index (χ4n) is 2.13. The minimum absolute atomic E-state index is 0.0116. The summed E-state index contributed by atoms with van der Waals surface area (Å²) < 4.78 is 14.6. The minimum atomic E-state index is -0.525. The molecule has 2 N–H and O–H groups in total. The Balaban J connectivity index is 1.72. The summed E-state index contributed by atoms with van der Waals surface area (Å²) in [4.78, 5) is 12.2. The molecule has 6 nitrogen and oxygen atoms in total. The molecule has 0 saturated heterocycles. The lowest BCUT2D eigenvalue weighted by Gasteiger charge is -2.06. The lowest BCUT2D eigenvalue weighted by Crippen LogP contribution is -2.12. The molecule has 0 aliphatic carbocycles. The van der Waals surface area contributed by atoms with Gasteiger partial charge in [-0.15, -0.1) is 5.10 Å². The van der Waals surface area contributed by atoms with Gasteiger partial charge in [0.05, 0.1) is 22.8 Å². The predicted molar refractivity (Wildman–Crippen MR) is 91.6 cm³/mol. The van der Waals surface area contributed by atoms with Gasteiger partial charge in [0.1, 0.15) is 5.82 Å². The Morgan fingerprint density at radius 2 is 1.96 bits per heavy atom. The van der Waals surface area contributed by atoms with Gasteiger partial charge in [-0.2, -0.15) is 0 Å². The number of aromatic nitrogens is 3. The molecule has 0 aliphatic heterocycles. The second kappa shape index (κ2) is 7.08. The van der Waals surface area contributed by atoms with Crippen LogP contribution in [0.15, 0.2) is 42.6 Å². The third-order valence-electron chi connectivity index (χ3n) is 3.28. The Kier molecular flexibility index (Phi) is 4.87. The molecule has 0 fully saturated rings. The Morgan fingerprint density at radius 3 is 2.64 bits per heavy atom. The number of aromatic hydroxyl groups is 1. The minimum Gasteiger partial charge on any atom is -0.505 e. The highest BCUT2D eigenvalue weighted by atomic mass is 35.5. The molecule has 1 heterocycles. The molecule has 2 aromatic carbocycles. The molecular weight excluding hydrogens is 370 g/mol. The van der Waals surface area contributed by atoms with Crippen molar-refractivity contribution in [3.63, 3.8) is 0 Å². The summed E-state index contributed by atoms with van der Waals surface area (Å²) in [5.74, 6) is -1.14. The maximum atomic E-state index is 13.2. The number of phenols is 1. The predicted octanol–water partition coefficient (Wildman–Crippen LogP) is 3.73. The summed E-state index contributed by atoms with van der Waals surface area (Å²) >= 11 is 11.6. The van der Waals surface area contributed by atoms with Crippen molar-refractivity contribution < 1.29 is 14.3 Å². The van der Waals surface area contributed by atoms with Crippen LogP contribution in [-0.4, -0.2) is 26.0 Å². The summed E-state index contributed by atoms with van der Waals surface area (Å²) in [7, 11) is 0. The summed E-state index contributed by atoms with van der Waals surface area (Å²) in [5, 5.41) is 19.7. The lowest BCUT2D eigenvalue weighted by molar-refractivity contribution is 0.102. The first-order chi connectivity index (χ1) is 11.9. The number of amides is 1. The number of rotatable bonds is 4. The topological polar surface area (TPSA) is 80.0 Å². The Hall–Kier alpha value is -2.64. The van der Waals surface area contributed by atoms with Gasteiger partial charge in [0, 0.05) is 5.69 Å². The van der Waals surface area contributed by atoms with Crippen LogP contribution in [0.5, 0.6) is 5.75 Å². The largest absolute Gasteiger partial charge is 0.505 e. The Morgan fingerprint density at radius 1 is 1.24 bits per heavy atom. The zero-order valence-electron chi connectivity index (χ0n) is 12.6. The van der Waals surface area contributed by atoms with Crippen LogP contribution < -0.4 is 5.32 Å². The molecule has 9 heteroatoms. The second-order valence-corrected chi connectivity index (χ2v) is 5.99. The number of anilines is 1. The van der Waals surface area contributed by atoms with Gasteiger partial charge in [0.25, 0.3) is 5.91 Å². The van der Waals surface area contributed by atoms with E-state index >= 15 is 0 Å². The molecule has 0 saturated carbocycles. The fraction of sp³-hybridized carbons (Fsp3) is 0.0625. The molecule has 1 amide bonds. The van der Waals surface area contributed by atoms with Crippen LogP contribution in [0.1, 0.15) is 16.1 Å². The highest BCUT2D eigenvalue weighted by Crippen LogP contribution is 2.34. The van der Waals surface area contributed by atoms with E-state index in [1.54, 1.807) is 12.1 Å². The van der Waals surface area contributed by atoms with E-state index in [9.17, 15) is 14.3 Å². The van der Waals surface area contributed by atoms with E-state index in [1.807, 2.05) is 0 Å². The van der Waals surface area contributed by atoms with E-state index < -0.39 is 5.91 Å². The molecule has 1 aromatic heterocycles. The number of halogens is 3. The molecule has 0 spiro atoms. The average molecular weight is 381 g/mol. The van der Waals surface area contributed by atoms with Gasteiger partial charge < -0.3 is 10.4 Å². The van der Waals surface area contributed by atoms with Crippen molar-refractivity contribution in [1.29, 1.82) is 0 Å². The second-order valence-electron chi connectivity index (χ2n) is 5.17. The van der Waals surface area contributed by atoms with Crippen molar-refractivity contribution >= 4 is 34.8 Å². The maximum absolute atomic E-state index is 13.2. The molecule has 25 heavy (non-hydrogen) atoms. The molecule has 0 radical (unpaired) electrons. The SMILES string of the molecule is O=C(Nc1cc(Cl)c(O)c(Cl)c1)c1cn(Cc2cccc(F)c2)nn1. The van der Waals surface area contributed by atoms with Crippen molar-refractivity contribution in [2.75, 3.05) is 5.32 Å². The van der Waals surface area contributed by atoms with Gasteiger partial charge in [-0.1, -0.05) is 40.5 Å². The number of benzene rings is 2. The monoisotopic (exact) mass is 380 g/mol. The Bertz CT molecular complexity index is 922. The highest BCUT2D eigenvalue weighted by Gasteiger charge is 2.14. The number of hydrogen-bond acceptors (Lipinski definition) is 4. The van der Waals surface area contributed by atoms with Crippen LogP contribution in [0, 0.1) is 5.82 Å². The normalized spacial score (nSPS) is 10.7. The molecule has 0 atom stereocenters. The van der Waals surface area contributed by atoms with Crippen LogP contribution in [0.4, 0.5) is 10.1 Å². The van der Waals surface area contributed by atoms with Crippen molar-refractivity contribution in [1.82, 2.24) is 15.0 Å². The van der Waals surface area contributed by atoms with Crippen molar-refractivity contribution in [3.05, 3.63) is 69.7 Å². The number of carbonyl (C=O) groups is 1. The third kappa shape index (κ3) is 4.07. The molecule has 0 aliphatic rings. The lowest BCUT2D eigenvalue weighted by atomic mass is 10.2. The molecule has 3 aromatic rings. The summed E-state index contributed by atoms with van der Waals surface area (Å²) in [5.41, 5.74) is 1.06.